The number of fused-ring (bicyclic) bond motifs is 1. The summed E-state index contributed by atoms with van der Waals surface area (Å²) in [6, 6.07) is 4.23. The summed E-state index contributed by atoms with van der Waals surface area (Å²) < 4.78 is 26.0. The molecular weight excluding hydrogens is 208 g/mol. The van der Waals surface area contributed by atoms with Crippen molar-refractivity contribution >= 4 is 22.5 Å². The first kappa shape index (κ1) is 9.34. The smallest absolute Gasteiger partial charge is 0.185 e. The number of halogens is 3. The van der Waals surface area contributed by atoms with Gasteiger partial charge in [0.25, 0.3) is 0 Å². The highest BCUT2D eigenvalue weighted by molar-refractivity contribution is 6.30. The predicted molar refractivity (Wildman–Crippen MR) is 51.4 cm³/mol. The van der Waals surface area contributed by atoms with Crippen molar-refractivity contribution in [1.29, 1.82) is 0 Å². The Morgan fingerprint density at radius 3 is 2.71 bits per heavy atom. The molecule has 4 heteroatoms. The number of aryl methyl sites for hydroxylation is 1. The van der Waals surface area contributed by atoms with Gasteiger partial charge < -0.3 is 0 Å². The summed E-state index contributed by atoms with van der Waals surface area (Å²) in [7, 11) is 0. The van der Waals surface area contributed by atoms with E-state index in [0.29, 0.717) is 5.39 Å². The van der Waals surface area contributed by atoms with Crippen LogP contribution in [0.15, 0.2) is 18.2 Å². The van der Waals surface area contributed by atoms with Gasteiger partial charge in [0, 0.05) is 5.39 Å². The van der Waals surface area contributed by atoms with Gasteiger partial charge in [-0.15, -0.1) is 0 Å². The zero-order valence-corrected chi connectivity index (χ0v) is 8.07. The van der Waals surface area contributed by atoms with Crippen LogP contribution < -0.4 is 0 Å². The Hall–Kier alpha value is -1.22. The van der Waals surface area contributed by atoms with E-state index in [1.807, 2.05) is 0 Å². The number of hydrogen-bond donors (Lipinski definition) is 0. The lowest BCUT2D eigenvalue weighted by Gasteiger charge is -2.02. The minimum Gasteiger partial charge on any atom is -0.233 e. The molecular formula is C10H6ClF2N. The molecule has 2 rings (SSSR count). The fourth-order valence-corrected chi connectivity index (χ4v) is 1.40. The van der Waals surface area contributed by atoms with Gasteiger partial charge >= 0.3 is 0 Å². The Morgan fingerprint density at radius 2 is 2.00 bits per heavy atom. The molecule has 0 spiro atoms. The SMILES string of the molecule is Cc1cc2ccc(F)c(F)c2nc1Cl. The second-order valence-corrected chi connectivity index (χ2v) is 3.39. The number of benzene rings is 1. The largest absolute Gasteiger partial charge is 0.233 e. The number of rotatable bonds is 0. The molecule has 0 unspecified atom stereocenters. The maximum atomic E-state index is 13.2. The third-order valence-electron chi connectivity index (χ3n) is 2.01. The Bertz CT molecular complexity index is 511. The molecule has 0 saturated heterocycles. The van der Waals surface area contributed by atoms with E-state index in [9.17, 15) is 8.78 Å². The summed E-state index contributed by atoms with van der Waals surface area (Å²) >= 11 is 5.71. The van der Waals surface area contributed by atoms with Gasteiger partial charge in [0.15, 0.2) is 11.6 Å². The second kappa shape index (κ2) is 3.17. The van der Waals surface area contributed by atoms with Crippen LogP contribution in [0.3, 0.4) is 0 Å². The molecule has 0 fully saturated rings. The Morgan fingerprint density at radius 1 is 1.29 bits per heavy atom. The van der Waals surface area contributed by atoms with Crippen molar-refractivity contribution < 1.29 is 8.78 Å². The Kier molecular flexibility index (Phi) is 2.11. The van der Waals surface area contributed by atoms with Crippen LogP contribution in [0.25, 0.3) is 10.9 Å². The molecule has 0 aliphatic rings. The van der Waals surface area contributed by atoms with Gasteiger partial charge in [0.2, 0.25) is 0 Å². The summed E-state index contributed by atoms with van der Waals surface area (Å²) in [5.41, 5.74) is 0.714. The van der Waals surface area contributed by atoms with Crippen LogP contribution >= 0.6 is 11.6 Å². The average Bonchev–Trinajstić information content (AvgIpc) is 2.15. The quantitative estimate of drug-likeness (QED) is 0.611. The summed E-state index contributed by atoms with van der Waals surface area (Å²) in [6.45, 7) is 1.76. The number of hydrogen-bond acceptors (Lipinski definition) is 1. The molecule has 0 amide bonds. The number of pyridine rings is 1. The fraction of sp³-hybridized carbons (Fsp3) is 0.100. The highest BCUT2D eigenvalue weighted by Gasteiger charge is 2.09. The molecule has 72 valence electrons. The van der Waals surface area contributed by atoms with Crippen molar-refractivity contribution in [2.75, 3.05) is 0 Å². The first-order valence-electron chi connectivity index (χ1n) is 4.00. The number of aromatic nitrogens is 1. The van der Waals surface area contributed by atoms with Crippen LogP contribution in [0, 0.1) is 18.6 Å². The van der Waals surface area contributed by atoms with Gasteiger partial charge in [-0.3, -0.25) is 0 Å². The van der Waals surface area contributed by atoms with Crippen molar-refractivity contribution in [3.05, 3.63) is 40.6 Å². The zero-order chi connectivity index (χ0) is 10.3. The lowest BCUT2D eigenvalue weighted by atomic mass is 10.1. The molecule has 2 aromatic rings. The summed E-state index contributed by atoms with van der Waals surface area (Å²) in [5, 5.41) is 0.743. The molecule has 1 nitrogen and oxygen atoms in total. The maximum Gasteiger partial charge on any atom is 0.185 e. The zero-order valence-electron chi connectivity index (χ0n) is 7.31. The average molecular weight is 214 g/mol. The van der Waals surface area contributed by atoms with Crippen molar-refractivity contribution in [2.24, 2.45) is 0 Å². The topological polar surface area (TPSA) is 12.9 Å². The highest BCUT2D eigenvalue weighted by Crippen LogP contribution is 2.23. The molecule has 1 aromatic heterocycles. The van der Waals surface area contributed by atoms with Crippen LogP contribution in [0.4, 0.5) is 8.78 Å². The summed E-state index contributed by atoms with van der Waals surface area (Å²) in [6.07, 6.45) is 0. The maximum absolute atomic E-state index is 13.2. The molecule has 0 atom stereocenters. The molecule has 0 aliphatic heterocycles. The van der Waals surface area contributed by atoms with Crippen LogP contribution in [0.2, 0.25) is 5.15 Å². The summed E-state index contributed by atoms with van der Waals surface area (Å²) in [4.78, 5) is 3.79. The molecule has 0 bridgehead atoms. The van der Waals surface area contributed by atoms with Crippen LogP contribution in [-0.2, 0) is 0 Å². The Balaban J connectivity index is 2.89. The van der Waals surface area contributed by atoms with E-state index >= 15 is 0 Å². The highest BCUT2D eigenvalue weighted by atomic mass is 35.5. The predicted octanol–water partition coefficient (Wildman–Crippen LogP) is 3.47. The third kappa shape index (κ3) is 1.34. The molecule has 1 heterocycles. The van der Waals surface area contributed by atoms with Crippen LogP contribution in [0.5, 0.6) is 0 Å². The summed E-state index contributed by atoms with van der Waals surface area (Å²) in [5.74, 6) is -1.87. The van der Waals surface area contributed by atoms with Crippen LogP contribution in [0.1, 0.15) is 5.56 Å². The third-order valence-corrected chi connectivity index (χ3v) is 2.39. The lowest BCUT2D eigenvalue weighted by molar-refractivity contribution is 0.515. The van der Waals surface area contributed by atoms with Gasteiger partial charge in [-0.05, 0) is 30.7 Å². The molecule has 0 N–H and O–H groups in total. The molecule has 14 heavy (non-hydrogen) atoms. The van der Waals surface area contributed by atoms with Crippen molar-refractivity contribution in [1.82, 2.24) is 4.98 Å². The monoisotopic (exact) mass is 213 g/mol. The molecule has 0 radical (unpaired) electrons. The van der Waals surface area contributed by atoms with Crippen molar-refractivity contribution in [3.63, 3.8) is 0 Å². The molecule has 0 saturated carbocycles. The first-order valence-corrected chi connectivity index (χ1v) is 4.38. The van der Waals surface area contributed by atoms with E-state index in [4.69, 9.17) is 11.6 Å². The van der Waals surface area contributed by atoms with E-state index in [2.05, 4.69) is 4.98 Å². The fourth-order valence-electron chi connectivity index (χ4n) is 1.26. The van der Waals surface area contributed by atoms with Gasteiger partial charge in [-0.1, -0.05) is 11.6 Å². The second-order valence-electron chi connectivity index (χ2n) is 3.03. The van der Waals surface area contributed by atoms with E-state index in [0.717, 1.165) is 11.6 Å². The van der Waals surface area contributed by atoms with Gasteiger partial charge in [0.05, 0.1) is 0 Å². The van der Waals surface area contributed by atoms with E-state index in [1.165, 1.54) is 6.07 Å². The van der Waals surface area contributed by atoms with E-state index in [-0.39, 0.29) is 10.7 Å². The van der Waals surface area contributed by atoms with Gasteiger partial charge in [-0.25, -0.2) is 13.8 Å². The number of nitrogens with zero attached hydrogens (tertiary/aromatic N) is 1. The van der Waals surface area contributed by atoms with Crippen molar-refractivity contribution in [2.45, 2.75) is 6.92 Å². The minimum absolute atomic E-state index is 0.0272. The lowest BCUT2D eigenvalue weighted by Crippen LogP contribution is -1.91. The minimum atomic E-state index is -0.954. The van der Waals surface area contributed by atoms with Gasteiger partial charge in [-0.2, -0.15) is 0 Å². The first-order chi connectivity index (χ1) is 6.59. The van der Waals surface area contributed by atoms with Crippen molar-refractivity contribution in [3.8, 4) is 0 Å². The van der Waals surface area contributed by atoms with Gasteiger partial charge in [0.1, 0.15) is 10.7 Å². The molecule has 0 aliphatic carbocycles. The van der Waals surface area contributed by atoms with Crippen LogP contribution in [-0.4, -0.2) is 4.98 Å². The molecule has 1 aromatic carbocycles. The normalized spacial score (nSPS) is 10.9. The Labute approximate surface area is 84.3 Å². The van der Waals surface area contributed by atoms with E-state index in [1.54, 1.807) is 13.0 Å². The standard InChI is InChI=1S/C10H6ClF2N/c1-5-4-6-2-3-7(12)8(13)9(6)14-10(5)11/h2-4H,1H3. The van der Waals surface area contributed by atoms with E-state index < -0.39 is 11.6 Å².